The van der Waals surface area contributed by atoms with Gasteiger partial charge in [-0.1, -0.05) is 6.92 Å². The van der Waals surface area contributed by atoms with Crippen LogP contribution in [-0.4, -0.2) is 198 Å². The smallest absolute Gasteiger partial charge is 0.308 e. The summed E-state index contributed by atoms with van der Waals surface area (Å²) in [5.41, 5.74) is 7.19. The fraction of sp³-hybridized carbons (Fsp3) is 0.800. The summed E-state index contributed by atoms with van der Waals surface area (Å²) in [6.07, 6.45) is 4.27. The summed E-state index contributed by atoms with van der Waals surface area (Å²) in [6.45, 7) is 23.1. The molecule has 1 fully saturated rings. The van der Waals surface area contributed by atoms with Crippen molar-refractivity contribution in [2.24, 2.45) is 16.6 Å². The molecule has 1 amide bonds. The van der Waals surface area contributed by atoms with Crippen LogP contribution in [0.25, 0.3) is 6.08 Å². The first-order chi connectivity index (χ1) is 31.1. The van der Waals surface area contributed by atoms with Crippen molar-refractivity contribution in [3.63, 3.8) is 0 Å². The molecule has 2 aliphatic rings. The number of carbonyl (C=O) groups is 2. The third kappa shape index (κ3) is 26.5. The van der Waals surface area contributed by atoms with Gasteiger partial charge in [-0.25, -0.2) is 10.1 Å². The molecule has 0 aliphatic carbocycles. The normalized spacial score (nSPS) is 14.5. The predicted molar refractivity (Wildman–Crippen MR) is 244 cm³/mol. The van der Waals surface area contributed by atoms with Crippen molar-refractivity contribution < 1.29 is 66.5 Å². The van der Waals surface area contributed by atoms with Crippen LogP contribution in [-0.2, 0) is 73.0 Å². The number of thiophene rings is 1. The second-order valence-corrected chi connectivity index (χ2v) is 17.2. The average molecular weight is 931 g/mol. The maximum absolute atomic E-state index is 13.2. The molecule has 0 saturated carbocycles. The van der Waals surface area contributed by atoms with Gasteiger partial charge in [0.15, 0.2) is 0 Å². The molecule has 2 N–H and O–H groups in total. The van der Waals surface area contributed by atoms with E-state index in [9.17, 15) is 9.59 Å². The largest absolute Gasteiger partial charge is 0.460 e. The summed E-state index contributed by atoms with van der Waals surface area (Å²) in [6, 6.07) is 2.12. The van der Waals surface area contributed by atoms with Gasteiger partial charge in [0.2, 0.25) is 0 Å². The number of fused-ring (bicyclic) bond motifs is 1. The Hall–Kier alpha value is -2.63. The summed E-state index contributed by atoms with van der Waals surface area (Å²) in [4.78, 5) is 39.6. The highest BCUT2D eigenvalue weighted by Gasteiger charge is 2.28. The molecule has 0 unspecified atom stereocenters. The van der Waals surface area contributed by atoms with Crippen LogP contribution >= 0.6 is 11.3 Å². The van der Waals surface area contributed by atoms with E-state index in [0.717, 1.165) is 43.0 Å². The van der Waals surface area contributed by atoms with E-state index in [1.165, 1.54) is 9.94 Å². The Morgan fingerprint density at radius 1 is 0.719 bits per heavy atom. The number of hydroxylamine groups is 2. The Morgan fingerprint density at radius 2 is 1.17 bits per heavy atom. The molecule has 0 spiro atoms. The number of amides is 1. The predicted octanol–water partition coefficient (Wildman–Crippen LogP) is 4.09. The maximum atomic E-state index is 13.2. The Kier molecular flexibility index (Phi) is 30.2. The van der Waals surface area contributed by atoms with Gasteiger partial charge in [0.05, 0.1) is 156 Å². The number of nitrogens with zero attached hydrogens (tertiary/aromatic N) is 3. The van der Waals surface area contributed by atoms with E-state index < -0.39 is 5.60 Å². The lowest BCUT2D eigenvalue weighted by atomic mass is 9.95. The third-order valence-corrected chi connectivity index (χ3v) is 10.3. The fourth-order valence-electron chi connectivity index (χ4n) is 6.31. The standard InChI is InChI=1S/C45H78N4O14S/c1-6-9-49(62-7-2)44(51)38-32-41-40(47-42(46)33-38)34-39(64-41)31-37-35-48(36-37)10-12-53-14-16-55-18-20-57-22-24-59-26-28-61-30-29-60-27-25-58-23-21-56-19-17-54-15-13-52-11-8-43(50)63-45(3,4)5/h32,34,37H,6-31,33,35-36H2,1-5H3,(H2,46,47). The topological polar surface area (TPSA) is 190 Å². The van der Waals surface area contributed by atoms with E-state index in [0.29, 0.717) is 169 Å². The molecular weight excluding hydrogens is 853 g/mol. The van der Waals surface area contributed by atoms with Gasteiger partial charge in [-0.15, -0.1) is 11.3 Å². The quantitative estimate of drug-likeness (QED) is 0.0563. The van der Waals surface area contributed by atoms with Crippen LogP contribution in [0.5, 0.6) is 0 Å². The Labute approximate surface area is 385 Å². The van der Waals surface area contributed by atoms with Crippen molar-refractivity contribution in [3.8, 4) is 0 Å². The Bertz CT molecular complexity index is 1450. The Balaban J connectivity index is 0.998. The van der Waals surface area contributed by atoms with Crippen molar-refractivity contribution in [1.82, 2.24) is 9.96 Å². The number of hydrogen-bond donors (Lipinski definition) is 1. The molecule has 0 atom stereocenters. The van der Waals surface area contributed by atoms with E-state index in [1.807, 2.05) is 40.7 Å². The van der Waals surface area contributed by atoms with Crippen molar-refractivity contribution in [2.75, 3.05) is 165 Å². The Morgan fingerprint density at radius 3 is 1.61 bits per heavy atom. The van der Waals surface area contributed by atoms with Crippen molar-refractivity contribution >= 4 is 40.8 Å². The molecule has 2 aliphatic heterocycles. The fourth-order valence-corrected chi connectivity index (χ4v) is 7.50. The van der Waals surface area contributed by atoms with E-state index in [2.05, 4.69) is 16.0 Å². The average Bonchev–Trinajstić information content (AvgIpc) is 3.53. The first-order valence-corrected chi connectivity index (χ1v) is 23.7. The van der Waals surface area contributed by atoms with Crippen molar-refractivity contribution in [1.29, 1.82) is 0 Å². The van der Waals surface area contributed by atoms with Crippen molar-refractivity contribution in [2.45, 2.75) is 65.9 Å². The minimum atomic E-state index is -0.480. The number of nitrogens with two attached hydrogens (primary N) is 1. The first-order valence-electron chi connectivity index (χ1n) is 22.9. The molecule has 368 valence electrons. The number of esters is 1. The van der Waals surface area contributed by atoms with Crippen LogP contribution in [0.3, 0.4) is 0 Å². The highest BCUT2D eigenvalue weighted by Crippen LogP contribution is 2.36. The highest BCUT2D eigenvalue weighted by molar-refractivity contribution is 7.13. The number of carbonyl (C=O) groups excluding carboxylic acids is 2. The van der Waals surface area contributed by atoms with Gasteiger partial charge in [-0.05, 0) is 58.6 Å². The minimum Gasteiger partial charge on any atom is -0.460 e. The maximum Gasteiger partial charge on any atom is 0.308 e. The molecule has 3 heterocycles. The summed E-state index contributed by atoms with van der Waals surface area (Å²) >= 11 is 1.69. The second-order valence-electron chi connectivity index (χ2n) is 16.0. The number of amidine groups is 1. The van der Waals surface area contributed by atoms with Gasteiger partial charge in [0.25, 0.3) is 5.91 Å². The van der Waals surface area contributed by atoms with E-state index in [-0.39, 0.29) is 18.3 Å². The zero-order valence-electron chi connectivity index (χ0n) is 39.3. The lowest BCUT2D eigenvalue weighted by Gasteiger charge is -2.39. The van der Waals surface area contributed by atoms with Crippen LogP contribution < -0.4 is 5.73 Å². The van der Waals surface area contributed by atoms with Crippen LogP contribution in [0, 0.1) is 5.92 Å². The highest BCUT2D eigenvalue weighted by atomic mass is 32.1. The van der Waals surface area contributed by atoms with Crippen LogP contribution in [0.1, 0.15) is 63.6 Å². The summed E-state index contributed by atoms with van der Waals surface area (Å²) in [5.74, 6) is 0.610. The number of aliphatic imine (C=N–C) groups is 1. The van der Waals surface area contributed by atoms with E-state index in [1.54, 1.807) is 11.3 Å². The zero-order chi connectivity index (χ0) is 46.1. The molecule has 1 aromatic heterocycles. The number of ether oxygens (including phenoxy) is 11. The molecule has 3 rings (SSSR count). The molecule has 0 radical (unpaired) electrons. The van der Waals surface area contributed by atoms with Crippen molar-refractivity contribution in [3.05, 3.63) is 21.4 Å². The summed E-state index contributed by atoms with van der Waals surface area (Å²) in [5, 5.41) is 1.44. The van der Waals surface area contributed by atoms with E-state index >= 15 is 0 Å². The second kappa shape index (κ2) is 34.6. The summed E-state index contributed by atoms with van der Waals surface area (Å²) < 4.78 is 60.6. The number of likely N-dealkylation sites (tertiary alicyclic amines) is 1. The van der Waals surface area contributed by atoms with Gasteiger partial charge in [-0.2, -0.15) is 0 Å². The van der Waals surface area contributed by atoms with Gasteiger partial charge in [-0.3, -0.25) is 14.4 Å². The molecule has 0 bridgehead atoms. The molecule has 19 heteroatoms. The minimum absolute atomic E-state index is 0.146. The van der Waals surface area contributed by atoms with Gasteiger partial charge in [0, 0.05) is 43.1 Å². The monoisotopic (exact) mass is 931 g/mol. The molecule has 18 nitrogen and oxygen atoms in total. The summed E-state index contributed by atoms with van der Waals surface area (Å²) in [7, 11) is 0. The van der Waals surface area contributed by atoms with Gasteiger partial charge >= 0.3 is 5.97 Å². The number of hydrogen-bond acceptors (Lipinski definition) is 18. The first kappa shape index (κ1) is 55.7. The van der Waals surface area contributed by atoms with Crippen LogP contribution in [0.15, 0.2) is 16.6 Å². The molecule has 1 aromatic rings. The van der Waals surface area contributed by atoms with Gasteiger partial charge in [0.1, 0.15) is 11.4 Å². The van der Waals surface area contributed by atoms with Crippen LogP contribution in [0.2, 0.25) is 0 Å². The SMILES string of the molecule is CCCN(OCC)C(=O)C1=Cc2sc(CC3CN(CCOCCOCCOCCOCCOCCOCCOCCOCCOCCOCCC(=O)OC(C)(C)C)C3)cc2N=C(N)C1. The third-order valence-electron chi connectivity index (χ3n) is 9.24. The lowest BCUT2D eigenvalue weighted by Crippen LogP contribution is -2.48. The number of rotatable bonds is 40. The van der Waals surface area contributed by atoms with E-state index in [4.69, 9.17) is 62.7 Å². The molecule has 1 saturated heterocycles. The van der Waals surface area contributed by atoms with Gasteiger partial charge < -0.3 is 62.7 Å². The molecule has 0 aromatic carbocycles. The molecular formula is C45H78N4O14S. The lowest BCUT2D eigenvalue weighted by molar-refractivity contribution is -0.180. The molecule has 64 heavy (non-hydrogen) atoms. The van der Waals surface area contributed by atoms with Crippen LogP contribution in [0.4, 0.5) is 5.69 Å². The zero-order valence-corrected chi connectivity index (χ0v) is 40.1.